The number of sulfonamides is 1. The summed E-state index contributed by atoms with van der Waals surface area (Å²) in [4.78, 5) is 10.8. The number of carboxylic acids is 1. The number of anilines is 1. The van der Waals surface area contributed by atoms with Crippen molar-refractivity contribution in [1.29, 1.82) is 0 Å². The smallest absolute Gasteiger partial charge is 0.339 e. The molecule has 7 nitrogen and oxygen atoms in total. The van der Waals surface area contributed by atoms with Crippen LogP contribution in [0.3, 0.4) is 0 Å². The van der Waals surface area contributed by atoms with Gasteiger partial charge in [0.1, 0.15) is 27.8 Å². The van der Waals surface area contributed by atoms with E-state index in [-0.39, 0.29) is 21.9 Å². The molecule has 0 spiro atoms. The van der Waals surface area contributed by atoms with Gasteiger partial charge in [0.15, 0.2) is 0 Å². The summed E-state index contributed by atoms with van der Waals surface area (Å²) >= 11 is 0. The average Bonchev–Trinajstić information content (AvgIpc) is 2.67. The zero-order chi connectivity index (χ0) is 21.2. The van der Waals surface area contributed by atoms with Gasteiger partial charge in [-0.2, -0.15) is 0 Å². The van der Waals surface area contributed by atoms with E-state index >= 15 is 0 Å². The molecule has 0 aliphatic rings. The maximum Gasteiger partial charge on any atom is 0.339 e. The summed E-state index contributed by atoms with van der Waals surface area (Å²) in [5.74, 6) is -2.33. The highest BCUT2D eigenvalue weighted by Gasteiger charge is 2.22. The van der Waals surface area contributed by atoms with Crippen molar-refractivity contribution in [3.8, 4) is 22.6 Å². The van der Waals surface area contributed by atoms with Crippen molar-refractivity contribution in [2.45, 2.75) is 4.90 Å². The van der Waals surface area contributed by atoms with Gasteiger partial charge in [-0.15, -0.1) is 0 Å². The third-order valence-electron chi connectivity index (χ3n) is 4.09. The number of phenols is 1. The molecule has 0 aliphatic heterocycles. The molecule has 9 heteroatoms. The Morgan fingerprint density at radius 3 is 2.38 bits per heavy atom. The molecule has 0 aliphatic carbocycles. The Morgan fingerprint density at radius 1 is 1.03 bits per heavy atom. The minimum Gasteiger partial charge on any atom is -0.507 e. The minimum absolute atomic E-state index is 0.0364. The van der Waals surface area contributed by atoms with Crippen LogP contribution in [0.5, 0.6) is 11.5 Å². The molecule has 3 aromatic rings. The molecule has 0 fully saturated rings. The maximum absolute atomic E-state index is 13.5. The van der Waals surface area contributed by atoms with Gasteiger partial charge < -0.3 is 14.9 Å². The van der Waals surface area contributed by atoms with E-state index in [4.69, 9.17) is 9.84 Å². The van der Waals surface area contributed by atoms with E-state index in [2.05, 4.69) is 4.72 Å². The van der Waals surface area contributed by atoms with Gasteiger partial charge in [-0.1, -0.05) is 18.2 Å². The summed E-state index contributed by atoms with van der Waals surface area (Å²) in [6.07, 6.45) is 0. The first-order valence-electron chi connectivity index (χ1n) is 8.24. The Hall–Kier alpha value is -3.59. The Kier molecular flexibility index (Phi) is 5.42. The molecule has 0 saturated carbocycles. The lowest BCUT2D eigenvalue weighted by Gasteiger charge is -2.14. The van der Waals surface area contributed by atoms with Crippen LogP contribution in [0.4, 0.5) is 10.1 Å². The lowest BCUT2D eigenvalue weighted by atomic mass is 10.1. The number of hydrogen-bond donors (Lipinski definition) is 3. The van der Waals surface area contributed by atoms with Crippen LogP contribution in [0, 0.1) is 5.82 Å². The number of rotatable bonds is 6. The van der Waals surface area contributed by atoms with Crippen molar-refractivity contribution >= 4 is 21.7 Å². The van der Waals surface area contributed by atoms with Gasteiger partial charge in [-0.05, 0) is 47.5 Å². The number of hydrogen-bond acceptors (Lipinski definition) is 5. The molecule has 0 aromatic heterocycles. The summed E-state index contributed by atoms with van der Waals surface area (Å²) < 4.78 is 46.7. The number of benzene rings is 3. The van der Waals surface area contributed by atoms with Gasteiger partial charge in [-0.3, -0.25) is 4.72 Å². The first-order chi connectivity index (χ1) is 13.7. The number of carboxylic acid groups (broad SMARTS) is 1. The highest BCUT2D eigenvalue weighted by atomic mass is 32.2. The van der Waals surface area contributed by atoms with Gasteiger partial charge in [0, 0.05) is 6.07 Å². The molecule has 0 atom stereocenters. The van der Waals surface area contributed by atoms with E-state index in [0.29, 0.717) is 11.1 Å². The predicted molar refractivity (Wildman–Crippen MR) is 104 cm³/mol. The van der Waals surface area contributed by atoms with Crippen LogP contribution in [0.15, 0.2) is 65.6 Å². The lowest BCUT2D eigenvalue weighted by molar-refractivity contribution is 0.0693. The fourth-order valence-electron chi connectivity index (χ4n) is 2.72. The van der Waals surface area contributed by atoms with Crippen LogP contribution in [0.1, 0.15) is 10.4 Å². The van der Waals surface area contributed by atoms with Crippen molar-refractivity contribution in [3.05, 3.63) is 72.0 Å². The van der Waals surface area contributed by atoms with E-state index in [0.717, 1.165) is 12.1 Å². The summed E-state index contributed by atoms with van der Waals surface area (Å²) in [6.45, 7) is 0. The SMILES string of the molecule is COc1ccc(-c2cccc(F)c2)cc1S(=O)(=O)Nc1ccc(C(=O)O)c(O)c1. The highest BCUT2D eigenvalue weighted by Crippen LogP contribution is 2.32. The second kappa shape index (κ2) is 7.80. The second-order valence-electron chi connectivity index (χ2n) is 6.02. The van der Waals surface area contributed by atoms with Crippen LogP contribution in [0.2, 0.25) is 0 Å². The van der Waals surface area contributed by atoms with Crippen LogP contribution < -0.4 is 9.46 Å². The lowest BCUT2D eigenvalue weighted by Crippen LogP contribution is -2.14. The predicted octanol–water partition coefficient (Wildman–Crippen LogP) is 3.71. The van der Waals surface area contributed by atoms with E-state index in [1.54, 1.807) is 12.1 Å². The summed E-state index contributed by atoms with van der Waals surface area (Å²) in [6, 6.07) is 13.4. The van der Waals surface area contributed by atoms with E-state index in [1.165, 1.54) is 43.5 Å². The second-order valence-corrected chi connectivity index (χ2v) is 7.67. The molecular formula is C20H16FNO6S. The van der Waals surface area contributed by atoms with Gasteiger partial charge in [0.25, 0.3) is 10.0 Å². The summed E-state index contributed by atoms with van der Waals surface area (Å²) in [7, 11) is -2.86. The third kappa shape index (κ3) is 4.30. The number of ether oxygens (including phenoxy) is 1. The van der Waals surface area contributed by atoms with Crippen molar-refractivity contribution in [2.75, 3.05) is 11.8 Å². The van der Waals surface area contributed by atoms with Gasteiger partial charge in [0.05, 0.1) is 12.8 Å². The van der Waals surface area contributed by atoms with Crippen molar-refractivity contribution in [3.63, 3.8) is 0 Å². The van der Waals surface area contributed by atoms with Crippen LogP contribution in [0.25, 0.3) is 11.1 Å². The van der Waals surface area contributed by atoms with Gasteiger partial charge >= 0.3 is 5.97 Å². The number of halogens is 1. The number of carbonyl (C=O) groups is 1. The molecule has 0 amide bonds. The summed E-state index contributed by atoms with van der Waals surface area (Å²) in [5, 5.41) is 18.7. The maximum atomic E-state index is 13.5. The molecule has 0 unspecified atom stereocenters. The zero-order valence-corrected chi connectivity index (χ0v) is 15.9. The molecule has 0 saturated heterocycles. The minimum atomic E-state index is -4.17. The third-order valence-corrected chi connectivity index (χ3v) is 5.49. The monoisotopic (exact) mass is 417 g/mol. The van der Waals surface area contributed by atoms with Crippen LogP contribution >= 0.6 is 0 Å². The first kappa shape index (κ1) is 20.2. The Balaban J connectivity index is 2.02. The fraction of sp³-hybridized carbons (Fsp3) is 0.0500. The molecule has 3 rings (SSSR count). The largest absolute Gasteiger partial charge is 0.507 e. The average molecular weight is 417 g/mol. The van der Waals surface area contributed by atoms with Crippen LogP contribution in [-0.4, -0.2) is 31.7 Å². The first-order valence-corrected chi connectivity index (χ1v) is 9.72. The molecule has 3 N–H and O–H groups in total. The zero-order valence-electron chi connectivity index (χ0n) is 15.1. The Labute approximate surface area is 166 Å². The molecule has 29 heavy (non-hydrogen) atoms. The fourth-order valence-corrected chi connectivity index (χ4v) is 3.97. The molecule has 0 radical (unpaired) electrons. The van der Waals surface area contributed by atoms with Crippen molar-refractivity contribution < 1.29 is 32.6 Å². The molecule has 0 heterocycles. The number of aromatic hydroxyl groups is 1. The molecule has 3 aromatic carbocycles. The number of nitrogens with one attached hydrogen (secondary N) is 1. The Bertz CT molecular complexity index is 1190. The quantitative estimate of drug-likeness (QED) is 0.564. The topological polar surface area (TPSA) is 113 Å². The van der Waals surface area contributed by atoms with E-state index in [9.17, 15) is 22.7 Å². The van der Waals surface area contributed by atoms with Crippen molar-refractivity contribution in [1.82, 2.24) is 0 Å². The number of aromatic carboxylic acids is 1. The molecule has 150 valence electrons. The van der Waals surface area contributed by atoms with Crippen molar-refractivity contribution in [2.24, 2.45) is 0 Å². The van der Waals surface area contributed by atoms with E-state index < -0.39 is 27.6 Å². The van der Waals surface area contributed by atoms with Crippen LogP contribution in [-0.2, 0) is 10.0 Å². The normalized spacial score (nSPS) is 11.1. The highest BCUT2D eigenvalue weighted by molar-refractivity contribution is 7.92. The number of methoxy groups -OCH3 is 1. The Morgan fingerprint density at radius 2 is 1.76 bits per heavy atom. The van der Waals surface area contributed by atoms with Gasteiger partial charge in [-0.25, -0.2) is 17.6 Å². The summed E-state index contributed by atoms with van der Waals surface area (Å²) in [5.41, 5.74) is 0.534. The van der Waals surface area contributed by atoms with E-state index in [1.807, 2.05) is 0 Å². The van der Waals surface area contributed by atoms with Gasteiger partial charge in [0.2, 0.25) is 0 Å². The molecule has 0 bridgehead atoms. The standard InChI is InChI=1S/C20H16FNO6S/c1-28-18-8-5-13(12-3-2-4-14(21)9-12)10-19(18)29(26,27)22-15-6-7-16(20(24)25)17(23)11-15/h2-11,22-23H,1H3,(H,24,25). The molecular weight excluding hydrogens is 401 g/mol.